The Labute approximate surface area is 124 Å². The maximum Gasteiger partial charge on any atom is 0.251 e. The van der Waals surface area contributed by atoms with Crippen LogP contribution in [-0.4, -0.2) is 31.0 Å². The van der Waals surface area contributed by atoms with Crippen LogP contribution in [0.1, 0.15) is 16.1 Å². The quantitative estimate of drug-likeness (QED) is 0.841. The summed E-state index contributed by atoms with van der Waals surface area (Å²) in [7, 11) is 2.00. The lowest BCUT2D eigenvalue weighted by molar-refractivity contribution is 0.0954. The summed E-state index contributed by atoms with van der Waals surface area (Å²) in [6, 6.07) is 13.5. The van der Waals surface area contributed by atoms with Crippen LogP contribution in [0.25, 0.3) is 0 Å². The Kier molecular flexibility index (Phi) is 5.29. The van der Waals surface area contributed by atoms with Crippen LogP contribution < -0.4 is 16.0 Å². The molecule has 1 amide bonds. The molecule has 21 heavy (non-hydrogen) atoms. The molecule has 0 spiro atoms. The highest BCUT2D eigenvalue weighted by Gasteiger charge is 2.06. The van der Waals surface area contributed by atoms with Crippen molar-refractivity contribution in [3.63, 3.8) is 0 Å². The number of amides is 1. The first-order valence-electron chi connectivity index (χ1n) is 6.90. The molecule has 0 radical (unpaired) electrons. The molecule has 0 aliphatic heterocycles. The van der Waals surface area contributed by atoms with Crippen molar-refractivity contribution < 1.29 is 4.79 Å². The van der Waals surface area contributed by atoms with E-state index in [0.717, 1.165) is 12.2 Å². The molecule has 5 nitrogen and oxygen atoms in total. The number of nitrogens with one attached hydrogen (secondary N) is 1. The molecule has 3 N–H and O–H groups in total. The molecule has 1 aromatic heterocycles. The number of aromatic nitrogens is 1. The van der Waals surface area contributed by atoms with Gasteiger partial charge in [0.05, 0.1) is 5.69 Å². The van der Waals surface area contributed by atoms with E-state index in [2.05, 4.69) is 15.2 Å². The molecular weight excluding hydrogens is 264 g/mol. The summed E-state index contributed by atoms with van der Waals surface area (Å²) in [4.78, 5) is 18.2. The van der Waals surface area contributed by atoms with E-state index >= 15 is 0 Å². The maximum atomic E-state index is 12.0. The third kappa shape index (κ3) is 4.29. The largest absolute Gasteiger partial charge is 0.373 e. The van der Waals surface area contributed by atoms with Gasteiger partial charge in [-0.05, 0) is 24.3 Å². The fraction of sp³-hybridized carbons (Fsp3) is 0.250. The minimum Gasteiger partial charge on any atom is -0.373 e. The van der Waals surface area contributed by atoms with Crippen LogP contribution in [0, 0.1) is 0 Å². The Hall–Kier alpha value is -2.40. The summed E-state index contributed by atoms with van der Waals surface area (Å²) in [5.41, 5.74) is 7.95. The van der Waals surface area contributed by atoms with E-state index in [-0.39, 0.29) is 5.91 Å². The van der Waals surface area contributed by atoms with Crippen molar-refractivity contribution in [2.75, 3.05) is 25.0 Å². The van der Waals surface area contributed by atoms with Gasteiger partial charge in [0, 0.05) is 44.1 Å². The Morgan fingerprint density at radius 1 is 1.29 bits per heavy atom. The molecule has 0 saturated heterocycles. The third-order valence-corrected chi connectivity index (χ3v) is 3.22. The highest BCUT2D eigenvalue weighted by atomic mass is 16.1. The van der Waals surface area contributed by atoms with Crippen molar-refractivity contribution in [2.45, 2.75) is 6.54 Å². The third-order valence-electron chi connectivity index (χ3n) is 3.22. The van der Waals surface area contributed by atoms with Crippen molar-refractivity contribution in [2.24, 2.45) is 5.73 Å². The summed E-state index contributed by atoms with van der Waals surface area (Å²) in [6.07, 6.45) is 1.60. The predicted octanol–water partition coefficient (Wildman–Crippen LogP) is 1.41. The Morgan fingerprint density at radius 3 is 2.76 bits per heavy atom. The molecule has 0 fully saturated rings. The molecule has 110 valence electrons. The number of nitrogens with zero attached hydrogens (tertiary/aromatic N) is 2. The van der Waals surface area contributed by atoms with Gasteiger partial charge in [-0.3, -0.25) is 9.78 Å². The number of para-hydroxylation sites is 1. The molecule has 0 aliphatic rings. The smallest absolute Gasteiger partial charge is 0.251 e. The van der Waals surface area contributed by atoms with E-state index in [1.807, 2.05) is 37.4 Å². The molecule has 1 aromatic carbocycles. The number of carbonyl (C=O) groups is 1. The van der Waals surface area contributed by atoms with Crippen molar-refractivity contribution in [3.8, 4) is 0 Å². The molecule has 0 bridgehead atoms. The molecular formula is C16H20N4O. The van der Waals surface area contributed by atoms with Crippen molar-refractivity contribution in [1.29, 1.82) is 0 Å². The van der Waals surface area contributed by atoms with Crippen molar-refractivity contribution >= 4 is 11.6 Å². The number of carbonyl (C=O) groups excluding carboxylic acids is 1. The predicted molar refractivity (Wildman–Crippen MR) is 84.2 cm³/mol. The Morgan fingerprint density at radius 2 is 2.05 bits per heavy atom. The molecule has 0 unspecified atom stereocenters. The normalized spacial score (nSPS) is 10.2. The first kappa shape index (κ1) is 15.0. The summed E-state index contributed by atoms with van der Waals surface area (Å²) in [5, 5.41) is 2.90. The van der Waals surface area contributed by atoms with Crippen LogP contribution in [0.4, 0.5) is 5.69 Å². The molecule has 0 atom stereocenters. The zero-order chi connectivity index (χ0) is 15.1. The second-order valence-electron chi connectivity index (χ2n) is 4.75. The highest BCUT2D eigenvalue weighted by Crippen LogP contribution is 2.09. The monoisotopic (exact) mass is 284 g/mol. The van der Waals surface area contributed by atoms with Gasteiger partial charge in [-0.25, -0.2) is 0 Å². The molecule has 1 heterocycles. The van der Waals surface area contributed by atoms with Gasteiger partial charge in [0.25, 0.3) is 5.91 Å². The first-order chi connectivity index (χ1) is 10.2. The number of pyridine rings is 1. The molecule has 5 heteroatoms. The van der Waals surface area contributed by atoms with Crippen molar-refractivity contribution in [3.05, 3.63) is 59.9 Å². The van der Waals surface area contributed by atoms with E-state index < -0.39 is 0 Å². The number of hydrogen-bond acceptors (Lipinski definition) is 4. The van der Waals surface area contributed by atoms with E-state index in [1.165, 1.54) is 0 Å². The van der Waals surface area contributed by atoms with E-state index in [9.17, 15) is 4.79 Å². The van der Waals surface area contributed by atoms with Gasteiger partial charge in [0.1, 0.15) is 0 Å². The van der Waals surface area contributed by atoms with Crippen molar-refractivity contribution in [1.82, 2.24) is 10.3 Å². The topological polar surface area (TPSA) is 71.2 Å². The van der Waals surface area contributed by atoms with Gasteiger partial charge in [-0.2, -0.15) is 0 Å². The average Bonchev–Trinajstić information content (AvgIpc) is 2.55. The van der Waals surface area contributed by atoms with Crippen LogP contribution in [0.15, 0.2) is 48.7 Å². The lowest BCUT2D eigenvalue weighted by Crippen LogP contribution is -2.33. The SMILES string of the molecule is CN(CCNC(=O)c1ccnc(CN)c1)c1ccccc1. The minimum absolute atomic E-state index is 0.103. The number of hydrogen-bond donors (Lipinski definition) is 2. The second kappa shape index (κ2) is 7.40. The van der Waals surface area contributed by atoms with Gasteiger partial charge >= 0.3 is 0 Å². The Bertz CT molecular complexity index is 586. The van der Waals surface area contributed by atoms with Crippen LogP contribution >= 0.6 is 0 Å². The average molecular weight is 284 g/mol. The van der Waals surface area contributed by atoms with Gasteiger partial charge in [-0.1, -0.05) is 18.2 Å². The maximum absolute atomic E-state index is 12.0. The molecule has 0 aliphatic carbocycles. The minimum atomic E-state index is -0.103. The highest BCUT2D eigenvalue weighted by molar-refractivity contribution is 5.94. The van der Waals surface area contributed by atoms with Crippen LogP contribution in [0.3, 0.4) is 0 Å². The fourth-order valence-electron chi connectivity index (χ4n) is 1.98. The standard InChI is InChI=1S/C16H20N4O/c1-20(15-5-3-2-4-6-15)10-9-19-16(21)13-7-8-18-14(11-13)12-17/h2-8,11H,9-10,12,17H2,1H3,(H,19,21). The lowest BCUT2D eigenvalue weighted by Gasteiger charge is -2.19. The zero-order valence-electron chi connectivity index (χ0n) is 12.1. The number of rotatable bonds is 6. The fourth-order valence-corrected chi connectivity index (χ4v) is 1.98. The van der Waals surface area contributed by atoms with Gasteiger partial charge in [0.15, 0.2) is 0 Å². The van der Waals surface area contributed by atoms with Gasteiger partial charge < -0.3 is 16.0 Å². The second-order valence-corrected chi connectivity index (χ2v) is 4.75. The van der Waals surface area contributed by atoms with Gasteiger partial charge in [-0.15, -0.1) is 0 Å². The summed E-state index contributed by atoms with van der Waals surface area (Å²) in [6.45, 7) is 1.65. The summed E-state index contributed by atoms with van der Waals surface area (Å²) >= 11 is 0. The Balaban J connectivity index is 1.84. The number of likely N-dealkylation sites (N-methyl/N-ethyl adjacent to an activating group) is 1. The summed E-state index contributed by atoms with van der Waals surface area (Å²) < 4.78 is 0. The number of nitrogens with two attached hydrogens (primary N) is 1. The summed E-state index contributed by atoms with van der Waals surface area (Å²) in [5.74, 6) is -0.103. The molecule has 2 aromatic rings. The first-order valence-corrected chi connectivity index (χ1v) is 6.90. The van der Waals surface area contributed by atoms with E-state index in [0.29, 0.717) is 24.3 Å². The molecule has 2 rings (SSSR count). The number of anilines is 1. The van der Waals surface area contributed by atoms with E-state index in [4.69, 9.17) is 5.73 Å². The van der Waals surface area contributed by atoms with Crippen LogP contribution in [0.2, 0.25) is 0 Å². The van der Waals surface area contributed by atoms with E-state index in [1.54, 1.807) is 18.3 Å². The lowest BCUT2D eigenvalue weighted by atomic mass is 10.2. The van der Waals surface area contributed by atoms with Crippen LogP contribution in [-0.2, 0) is 6.54 Å². The number of benzene rings is 1. The molecule has 0 saturated carbocycles. The van der Waals surface area contributed by atoms with Crippen LogP contribution in [0.5, 0.6) is 0 Å². The van der Waals surface area contributed by atoms with Gasteiger partial charge in [0.2, 0.25) is 0 Å². The zero-order valence-corrected chi connectivity index (χ0v) is 12.1.